The number of carbonyl (C=O) groups is 1. The molecule has 2 aromatic carbocycles. The minimum absolute atomic E-state index is 0.322. The Morgan fingerprint density at radius 3 is 2.38 bits per heavy atom. The summed E-state index contributed by atoms with van der Waals surface area (Å²) in [7, 11) is 0. The van der Waals surface area contributed by atoms with Crippen molar-refractivity contribution in [2.75, 3.05) is 0 Å². The van der Waals surface area contributed by atoms with Crippen LogP contribution in [0.15, 0.2) is 30.3 Å². The zero-order valence-electron chi connectivity index (χ0n) is 10.8. The molecule has 6 heteroatoms. The molecule has 2 rings (SSSR count). The number of hydrogen-bond acceptors (Lipinski definition) is 2. The molecule has 0 amide bonds. The summed E-state index contributed by atoms with van der Waals surface area (Å²) in [4.78, 5) is 15.6. The number of ether oxygens (including phenoxy) is 1. The summed E-state index contributed by atoms with van der Waals surface area (Å²) in [6, 6.07) is 8.52. The Bertz CT molecular complexity index is 746. The Labute approximate surface area is 154 Å². The summed E-state index contributed by atoms with van der Waals surface area (Å²) in [5.74, 6) is -0.0587. The first-order valence-electron chi connectivity index (χ1n) is 5.77. The molecular formula is C15H8ClI2NO2. The van der Waals surface area contributed by atoms with Gasteiger partial charge in [-0.25, -0.2) is 9.64 Å². The van der Waals surface area contributed by atoms with Crippen LogP contribution in [0, 0.1) is 20.6 Å². The molecule has 0 unspecified atom stereocenters. The molecule has 0 N–H and O–H groups in total. The maximum atomic E-state index is 12.2. The first kappa shape index (κ1) is 16.5. The number of carbonyl (C=O) groups excluding carboxylic acids is 1. The van der Waals surface area contributed by atoms with Gasteiger partial charge in [-0.2, -0.15) is 0 Å². The van der Waals surface area contributed by atoms with E-state index in [-0.39, 0.29) is 0 Å². The predicted octanol–water partition coefficient (Wildman–Crippen LogP) is 5.63. The van der Waals surface area contributed by atoms with Crippen LogP contribution < -0.4 is 4.74 Å². The van der Waals surface area contributed by atoms with Crippen molar-refractivity contribution in [3.05, 3.63) is 65.0 Å². The van der Waals surface area contributed by atoms with Crippen LogP contribution in [0.1, 0.15) is 15.9 Å². The van der Waals surface area contributed by atoms with Crippen LogP contribution in [0.3, 0.4) is 0 Å². The standard InChI is InChI=1S/C15H8ClI2NO2/c1-8-3-4-10(11(16)5-8)15(20)21-14-12(17)6-9(19-2)7-13(14)18/h3-7H,1H3. The van der Waals surface area contributed by atoms with E-state index in [2.05, 4.69) is 4.85 Å². The summed E-state index contributed by atoms with van der Waals surface area (Å²) in [6.45, 7) is 8.92. The highest BCUT2D eigenvalue weighted by atomic mass is 127. The van der Waals surface area contributed by atoms with Crippen molar-refractivity contribution in [1.82, 2.24) is 0 Å². The lowest BCUT2D eigenvalue weighted by Gasteiger charge is -2.10. The van der Waals surface area contributed by atoms with Crippen molar-refractivity contribution >= 4 is 68.4 Å². The monoisotopic (exact) mass is 523 g/mol. The van der Waals surface area contributed by atoms with Gasteiger partial charge >= 0.3 is 5.97 Å². The van der Waals surface area contributed by atoms with E-state index in [0.29, 0.717) is 29.2 Å². The summed E-state index contributed by atoms with van der Waals surface area (Å²) >= 11 is 10.2. The largest absolute Gasteiger partial charge is 0.421 e. The number of esters is 1. The lowest BCUT2D eigenvalue weighted by atomic mass is 10.1. The highest BCUT2D eigenvalue weighted by Gasteiger charge is 2.17. The van der Waals surface area contributed by atoms with Gasteiger partial charge in [-0.3, -0.25) is 0 Å². The van der Waals surface area contributed by atoms with E-state index < -0.39 is 5.97 Å². The summed E-state index contributed by atoms with van der Waals surface area (Å²) in [5, 5.41) is 0.364. The maximum absolute atomic E-state index is 12.2. The van der Waals surface area contributed by atoms with E-state index in [4.69, 9.17) is 22.9 Å². The second-order valence-corrected chi connectivity index (χ2v) is 6.95. The second-order valence-electron chi connectivity index (χ2n) is 4.22. The van der Waals surface area contributed by atoms with Crippen LogP contribution in [0.25, 0.3) is 4.85 Å². The third-order valence-corrected chi connectivity index (χ3v) is 4.57. The number of rotatable bonds is 2. The van der Waals surface area contributed by atoms with Crippen molar-refractivity contribution in [3.8, 4) is 5.75 Å². The lowest BCUT2D eigenvalue weighted by molar-refractivity contribution is 0.0732. The van der Waals surface area contributed by atoms with E-state index >= 15 is 0 Å². The van der Waals surface area contributed by atoms with Gasteiger partial charge in [-0.1, -0.05) is 17.7 Å². The smallest absolute Gasteiger partial charge is 0.345 e. The fraction of sp³-hybridized carbons (Fsp3) is 0.0667. The first-order valence-corrected chi connectivity index (χ1v) is 8.30. The Morgan fingerprint density at radius 1 is 1.24 bits per heavy atom. The van der Waals surface area contributed by atoms with Crippen molar-refractivity contribution in [1.29, 1.82) is 0 Å². The quantitative estimate of drug-likeness (QED) is 0.221. The first-order chi connectivity index (χ1) is 9.92. The van der Waals surface area contributed by atoms with E-state index in [1.54, 1.807) is 30.3 Å². The van der Waals surface area contributed by atoms with Crippen molar-refractivity contribution < 1.29 is 9.53 Å². The van der Waals surface area contributed by atoms with E-state index in [0.717, 1.165) is 5.56 Å². The third-order valence-electron chi connectivity index (χ3n) is 2.65. The molecule has 106 valence electrons. The van der Waals surface area contributed by atoms with E-state index in [1.165, 1.54) is 0 Å². The fourth-order valence-corrected chi connectivity index (χ4v) is 3.91. The number of nitrogens with zero attached hydrogens (tertiary/aromatic N) is 1. The molecule has 0 aliphatic rings. The molecule has 0 aromatic heterocycles. The summed E-state index contributed by atoms with van der Waals surface area (Å²) in [6.07, 6.45) is 0. The molecule has 0 aliphatic heterocycles. The van der Waals surface area contributed by atoms with Gasteiger partial charge in [0.25, 0.3) is 0 Å². The van der Waals surface area contributed by atoms with Crippen LogP contribution in [-0.2, 0) is 0 Å². The lowest BCUT2D eigenvalue weighted by Crippen LogP contribution is -2.11. The topological polar surface area (TPSA) is 30.7 Å². The van der Waals surface area contributed by atoms with Crippen LogP contribution >= 0.6 is 56.8 Å². The van der Waals surface area contributed by atoms with Crippen molar-refractivity contribution in [3.63, 3.8) is 0 Å². The normalized spacial score (nSPS) is 10.0. The minimum atomic E-state index is -0.508. The van der Waals surface area contributed by atoms with Crippen molar-refractivity contribution in [2.45, 2.75) is 6.92 Å². The molecule has 0 atom stereocenters. The Hall–Kier alpha value is -0.850. The van der Waals surface area contributed by atoms with Crippen LogP contribution in [0.5, 0.6) is 5.75 Å². The molecule has 0 bridgehead atoms. The second kappa shape index (κ2) is 6.94. The molecule has 0 spiro atoms. The number of aryl methyl sites for hydroxylation is 1. The Morgan fingerprint density at radius 2 is 1.86 bits per heavy atom. The zero-order chi connectivity index (χ0) is 15.6. The van der Waals surface area contributed by atoms with Crippen LogP contribution in [-0.4, -0.2) is 5.97 Å². The van der Waals surface area contributed by atoms with Gasteiger partial charge in [-0.15, -0.1) is 0 Å². The number of halogens is 3. The summed E-state index contributed by atoms with van der Waals surface area (Å²) < 4.78 is 6.86. The molecule has 3 nitrogen and oxygen atoms in total. The molecule has 0 fully saturated rings. The molecule has 21 heavy (non-hydrogen) atoms. The van der Waals surface area contributed by atoms with Gasteiger partial charge in [-0.05, 0) is 81.9 Å². The average molecular weight is 523 g/mol. The van der Waals surface area contributed by atoms with Gasteiger partial charge < -0.3 is 4.74 Å². The number of benzene rings is 2. The number of hydrogen-bond donors (Lipinski definition) is 0. The molecule has 0 aliphatic carbocycles. The van der Waals surface area contributed by atoms with Crippen LogP contribution in [0.2, 0.25) is 5.02 Å². The summed E-state index contributed by atoms with van der Waals surface area (Å²) in [5.41, 5.74) is 1.81. The van der Waals surface area contributed by atoms with Gasteiger partial charge in [0.1, 0.15) is 0 Å². The minimum Gasteiger partial charge on any atom is -0.421 e. The molecular weight excluding hydrogens is 515 g/mol. The van der Waals surface area contributed by atoms with Gasteiger partial charge in [0.05, 0.1) is 17.2 Å². The molecule has 2 aromatic rings. The maximum Gasteiger partial charge on any atom is 0.345 e. The zero-order valence-corrected chi connectivity index (χ0v) is 15.9. The molecule has 0 saturated heterocycles. The third kappa shape index (κ3) is 3.87. The average Bonchev–Trinajstić information content (AvgIpc) is 2.42. The Kier molecular flexibility index (Phi) is 5.46. The van der Waals surface area contributed by atoms with Gasteiger partial charge in [0, 0.05) is 7.14 Å². The van der Waals surface area contributed by atoms with Gasteiger partial charge in [0.15, 0.2) is 11.4 Å². The Balaban J connectivity index is 2.34. The van der Waals surface area contributed by atoms with E-state index in [9.17, 15) is 4.79 Å². The molecule has 0 heterocycles. The fourth-order valence-electron chi connectivity index (χ4n) is 1.64. The van der Waals surface area contributed by atoms with Gasteiger partial charge in [0.2, 0.25) is 0 Å². The van der Waals surface area contributed by atoms with Crippen molar-refractivity contribution in [2.24, 2.45) is 0 Å². The predicted molar refractivity (Wildman–Crippen MR) is 99.3 cm³/mol. The SMILES string of the molecule is [C-]#[N+]c1cc(I)c(OC(=O)c2ccc(C)cc2Cl)c(I)c1. The molecule has 0 saturated carbocycles. The van der Waals surface area contributed by atoms with Crippen LogP contribution in [0.4, 0.5) is 5.69 Å². The highest BCUT2D eigenvalue weighted by molar-refractivity contribution is 14.1. The molecule has 0 radical (unpaired) electrons. The highest BCUT2D eigenvalue weighted by Crippen LogP contribution is 2.33. The van der Waals surface area contributed by atoms with E-state index in [1.807, 2.05) is 52.1 Å².